The molecule has 0 unspecified atom stereocenters. The van der Waals surface area contributed by atoms with Gasteiger partial charge in [0, 0.05) is 5.88 Å². The first-order valence-electron chi connectivity index (χ1n) is 3.96. The highest BCUT2D eigenvalue weighted by atomic mass is 35.5. The topological polar surface area (TPSA) is 54.4 Å². The van der Waals surface area contributed by atoms with Crippen molar-refractivity contribution in [1.82, 2.24) is 0 Å². The zero-order chi connectivity index (χ0) is 9.24. The number of aliphatic hydroxyl groups is 1. The average Bonchev–Trinajstić information content (AvgIpc) is 1.98. The molecule has 0 spiro atoms. The molecule has 3 nitrogen and oxygen atoms in total. The summed E-state index contributed by atoms with van der Waals surface area (Å²) in [5, 5.41) is 9.75. The van der Waals surface area contributed by atoms with Gasteiger partial charge in [0.1, 0.15) is 0 Å². The molecule has 0 aromatic rings. The van der Waals surface area contributed by atoms with E-state index in [2.05, 4.69) is 0 Å². The average molecular weight is 213 g/mol. The molecule has 0 aromatic carbocycles. The van der Waals surface area contributed by atoms with E-state index in [9.17, 15) is 13.5 Å². The second-order valence-corrected chi connectivity index (χ2v) is 6.00. The van der Waals surface area contributed by atoms with Crippen LogP contribution in [0.5, 0.6) is 0 Å². The van der Waals surface area contributed by atoms with E-state index in [1.807, 2.05) is 0 Å². The van der Waals surface area contributed by atoms with Crippen LogP contribution in [0, 0.1) is 0 Å². The van der Waals surface area contributed by atoms with Gasteiger partial charge in [0.15, 0.2) is 9.84 Å². The minimum Gasteiger partial charge on any atom is -0.390 e. The highest BCUT2D eigenvalue weighted by Gasteiger charge is 2.34. The molecule has 1 fully saturated rings. The van der Waals surface area contributed by atoms with Gasteiger partial charge in [0.25, 0.3) is 0 Å². The molecule has 72 valence electrons. The lowest BCUT2D eigenvalue weighted by molar-refractivity contribution is 0.0274. The van der Waals surface area contributed by atoms with Crippen molar-refractivity contribution in [1.29, 1.82) is 0 Å². The second kappa shape index (κ2) is 3.52. The van der Waals surface area contributed by atoms with E-state index in [1.54, 1.807) is 0 Å². The maximum absolute atomic E-state index is 11.0. The summed E-state index contributed by atoms with van der Waals surface area (Å²) in [4.78, 5) is 0. The Hall–Kier alpha value is 0.200. The van der Waals surface area contributed by atoms with Crippen LogP contribution in [-0.2, 0) is 9.84 Å². The van der Waals surface area contributed by atoms with Crippen molar-refractivity contribution in [2.24, 2.45) is 0 Å². The summed E-state index contributed by atoms with van der Waals surface area (Å²) in [5.41, 5.74) is -0.826. The summed E-state index contributed by atoms with van der Waals surface area (Å²) in [6.45, 7) is 0. The van der Waals surface area contributed by atoms with Crippen molar-refractivity contribution >= 4 is 21.4 Å². The molecule has 5 heteroatoms. The van der Waals surface area contributed by atoms with Crippen LogP contribution in [0.1, 0.15) is 19.3 Å². The van der Waals surface area contributed by atoms with Crippen LogP contribution in [0.15, 0.2) is 0 Å². The van der Waals surface area contributed by atoms with E-state index in [0.29, 0.717) is 25.1 Å². The molecule has 1 saturated heterocycles. The molecule has 1 N–H and O–H groups in total. The molecule has 0 amide bonds. The first-order chi connectivity index (χ1) is 5.47. The number of halogens is 1. The smallest absolute Gasteiger partial charge is 0.150 e. The predicted octanol–water partition coefficient (Wildman–Crippen LogP) is 0.555. The van der Waals surface area contributed by atoms with Gasteiger partial charge in [0.05, 0.1) is 17.1 Å². The predicted molar refractivity (Wildman–Crippen MR) is 48.2 cm³/mol. The Morgan fingerprint density at radius 2 is 1.83 bits per heavy atom. The molecule has 0 bridgehead atoms. The van der Waals surface area contributed by atoms with Crippen LogP contribution in [-0.4, -0.2) is 36.5 Å². The van der Waals surface area contributed by atoms with Crippen LogP contribution in [0.3, 0.4) is 0 Å². The standard InChI is InChI=1S/C7H13ClO3S/c8-4-1-7(9)2-5-12(10,11)6-3-7/h9H,1-6H2. The molecular formula is C7H13ClO3S. The third kappa shape index (κ3) is 2.61. The van der Waals surface area contributed by atoms with E-state index in [0.717, 1.165) is 0 Å². The van der Waals surface area contributed by atoms with Gasteiger partial charge in [0.2, 0.25) is 0 Å². The monoisotopic (exact) mass is 212 g/mol. The normalized spacial score (nSPS) is 26.8. The molecule has 0 aliphatic carbocycles. The highest BCUT2D eigenvalue weighted by Crippen LogP contribution is 2.26. The Bertz CT molecular complexity index is 233. The fraction of sp³-hybridized carbons (Fsp3) is 1.00. The van der Waals surface area contributed by atoms with Crippen molar-refractivity contribution in [3.8, 4) is 0 Å². The molecule has 0 radical (unpaired) electrons. The van der Waals surface area contributed by atoms with E-state index in [-0.39, 0.29) is 11.5 Å². The lowest BCUT2D eigenvalue weighted by Gasteiger charge is -2.31. The van der Waals surface area contributed by atoms with Gasteiger partial charge in [-0.25, -0.2) is 8.42 Å². The summed E-state index contributed by atoms with van der Waals surface area (Å²) in [6.07, 6.45) is 1.16. The second-order valence-electron chi connectivity index (χ2n) is 3.32. The highest BCUT2D eigenvalue weighted by molar-refractivity contribution is 7.91. The minimum atomic E-state index is -2.88. The van der Waals surface area contributed by atoms with Crippen LogP contribution < -0.4 is 0 Å². The van der Waals surface area contributed by atoms with E-state index in [1.165, 1.54) is 0 Å². The van der Waals surface area contributed by atoms with Crippen molar-refractivity contribution < 1.29 is 13.5 Å². The van der Waals surface area contributed by atoms with Crippen LogP contribution in [0.4, 0.5) is 0 Å². The van der Waals surface area contributed by atoms with Gasteiger partial charge in [-0.2, -0.15) is 0 Å². The molecule has 0 atom stereocenters. The Balaban J connectivity index is 2.55. The maximum Gasteiger partial charge on any atom is 0.150 e. The zero-order valence-electron chi connectivity index (χ0n) is 6.79. The zero-order valence-corrected chi connectivity index (χ0v) is 8.36. The summed E-state index contributed by atoms with van der Waals surface area (Å²) < 4.78 is 22.0. The quantitative estimate of drug-likeness (QED) is 0.681. The van der Waals surface area contributed by atoms with Gasteiger partial charge in [-0.15, -0.1) is 11.6 Å². The molecule has 1 aliphatic heterocycles. The summed E-state index contributed by atoms with van der Waals surface area (Å²) in [7, 11) is -2.88. The van der Waals surface area contributed by atoms with Crippen molar-refractivity contribution in [2.45, 2.75) is 24.9 Å². The van der Waals surface area contributed by atoms with Gasteiger partial charge in [-0.05, 0) is 19.3 Å². The summed E-state index contributed by atoms with van der Waals surface area (Å²) in [5.74, 6) is 0.581. The first kappa shape index (κ1) is 10.3. The SMILES string of the molecule is O=S1(=O)CCC(O)(CCCl)CC1. The Kier molecular flexibility index (Phi) is 3.01. The third-order valence-electron chi connectivity index (χ3n) is 2.32. The fourth-order valence-corrected chi connectivity index (χ4v) is 3.28. The molecule has 12 heavy (non-hydrogen) atoms. The third-order valence-corrected chi connectivity index (χ3v) is 4.16. The van der Waals surface area contributed by atoms with Crippen molar-refractivity contribution in [2.75, 3.05) is 17.4 Å². The molecule has 1 heterocycles. The number of rotatable bonds is 2. The van der Waals surface area contributed by atoms with Crippen LogP contribution in [0.25, 0.3) is 0 Å². The fourth-order valence-electron chi connectivity index (χ4n) is 1.34. The Morgan fingerprint density at radius 3 is 2.25 bits per heavy atom. The number of alkyl halides is 1. The largest absolute Gasteiger partial charge is 0.390 e. The molecule has 0 aromatic heterocycles. The van der Waals surface area contributed by atoms with Gasteiger partial charge >= 0.3 is 0 Å². The number of sulfone groups is 1. The van der Waals surface area contributed by atoms with Gasteiger partial charge < -0.3 is 5.11 Å². The Labute approximate surface area is 77.6 Å². The van der Waals surface area contributed by atoms with Crippen molar-refractivity contribution in [3.63, 3.8) is 0 Å². The lowest BCUT2D eigenvalue weighted by atomic mass is 9.94. The van der Waals surface area contributed by atoms with Gasteiger partial charge in [-0.3, -0.25) is 0 Å². The lowest BCUT2D eigenvalue weighted by Crippen LogP contribution is -2.39. The van der Waals surface area contributed by atoms with E-state index in [4.69, 9.17) is 11.6 Å². The molecular weight excluding hydrogens is 200 g/mol. The molecule has 1 aliphatic rings. The number of hydrogen-bond acceptors (Lipinski definition) is 3. The summed E-state index contributed by atoms with van der Waals surface area (Å²) in [6, 6.07) is 0. The first-order valence-corrected chi connectivity index (χ1v) is 6.32. The summed E-state index contributed by atoms with van der Waals surface area (Å²) >= 11 is 5.49. The maximum atomic E-state index is 11.0. The minimum absolute atomic E-state index is 0.0976. The van der Waals surface area contributed by atoms with Gasteiger partial charge in [-0.1, -0.05) is 0 Å². The van der Waals surface area contributed by atoms with E-state index >= 15 is 0 Å². The van der Waals surface area contributed by atoms with Crippen molar-refractivity contribution in [3.05, 3.63) is 0 Å². The van der Waals surface area contributed by atoms with E-state index < -0.39 is 15.4 Å². The van der Waals surface area contributed by atoms with Crippen LogP contribution in [0.2, 0.25) is 0 Å². The Morgan fingerprint density at radius 1 is 1.33 bits per heavy atom. The molecule has 1 rings (SSSR count). The van der Waals surface area contributed by atoms with Crippen LogP contribution >= 0.6 is 11.6 Å². The number of hydrogen-bond donors (Lipinski definition) is 1. The molecule has 0 saturated carbocycles.